The number of aryl methyl sites for hydroxylation is 1. The highest BCUT2D eigenvalue weighted by Gasteiger charge is 2.28. The highest BCUT2D eigenvalue weighted by molar-refractivity contribution is 7.89. The maximum absolute atomic E-state index is 12.0. The van der Waals surface area contributed by atoms with Crippen LogP contribution in [0.1, 0.15) is 18.3 Å². The fourth-order valence-corrected chi connectivity index (χ4v) is 4.37. The van der Waals surface area contributed by atoms with E-state index in [9.17, 15) is 8.42 Å². The van der Waals surface area contributed by atoms with E-state index in [0.717, 1.165) is 22.8 Å². The summed E-state index contributed by atoms with van der Waals surface area (Å²) in [6.07, 6.45) is 0. The second-order valence-corrected chi connectivity index (χ2v) is 8.31. The zero-order valence-electron chi connectivity index (χ0n) is 14.4. The molecule has 0 unspecified atom stereocenters. The molecule has 0 atom stereocenters. The number of nitrogens with zero attached hydrogens (tertiary/aromatic N) is 4. The van der Waals surface area contributed by atoms with Crippen molar-refractivity contribution in [2.45, 2.75) is 20.8 Å². The number of para-hydroxylation sites is 1. The summed E-state index contributed by atoms with van der Waals surface area (Å²) in [4.78, 5) is 2.25. The van der Waals surface area contributed by atoms with Crippen molar-refractivity contribution < 1.29 is 8.42 Å². The number of hydrogen-bond acceptors (Lipinski definition) is 4. The van der Waals surface area contributed by atoms with Gasteiger partial charge in [0.15, 0.2) is 0 Å². The fraction of sp³-hybridized carbons (Fsp3) is 0.471. The van der Waals surface area contributed by atoms with Crippen LogP contribution in [0.5, 0.6) is 0 Å². The van der Waals surface area contributed by atoms with Crippen LogP contribution in [-0.2, 0) is 10.0 Å². The zero-order valence-corrected chi connectivity index (χ0v) is 15.3. The van der Waals surface area contributed by atoms with Gasteiger partial charge in [0.1, 0.15) is 0 Å². The van der Waals surface area contributed by atoms with Crippen LogP contribution in [0.4, 0.5) is 5.69 Å². The summed E-state index contributed by atoms with van der Waals surface area (Å²) in [5.74, 6) is 0.164. The third kappa shape index (κ3) is 3.06. The number of sulfonamides is 1. The lowest BCUT2D eigenvalue weighted by molar-refractivity contribution is 0.385. The molecule has 0 radical (unpaired) electrons. The summed E-state index contributed by atoms with van der Waals surface area (Å²) in [5.41, 5.74) is 4.22. The molecule has 0 N–H and O–H groups in total. The first-order valence-electron chi connectivity index (χ1n) is 8.28. The number of hydrogen-bond donors (Lipinski definition) is 0. The summed E-state index contributed by atoms with van der Waals surface area (Å²) in [7, 11) is -3.10. The van der Waals surface area contributed by atoms with E-state index in [4.69, 9.17) is 0 Å². The van der Waals surface area contributed by atoms with Gasteiger partial charge < -0.3 is 4.90 Å². The van der Waals surface area contributed by atoms with Crippen molar-refractivity contribution in [1.82, 2.24) is 14.1 Å². The van der Waals surface area contributed by atoms with Crippen molar-refractivity contribution in [2.24, 2.45) is 0 Å². The normalized spacial score (nSPS) is 16.5. The SMILES string of the molecule is CCS(=O)(=O)N1CCN(c2c(C)nn(-c3ccccc3)c2C)CC1. The molecule has 1 saturated heterocycles. The quantitative estimate of drug-likeness (QED) is 0.847. The molecule has 7 heteroatoms. The first-order chi connectivity index (χ1) is 11.4. The largest absolute Gasteiger partial charge is 0.366 e. The Morgan fingerprint density at radius 1 is 1.04 bits per heavy atom. The van der Waals surface area contributed by atoms with E-state index in [-0.39, 0.29) is 5.75 Å². The minimum absolute atomic E-state index is 0.164. The van der Waals surface area contributed by atoms with Gasteiger partial charge in [-0.25, -0.2) is 13.1 Å². The first-order valence-corrected chi connectivity index (χ1v) is 9.89. The molecule has 130 valence electrons. The molecule has 1 aliphatic heterocycles. The summed E-state index contributed by atoms with van der Waals surface area (Å²) < 4.78 is 27.6. The molecule has 1 aromatic heterocycles. The van der Waals surface area contributed by atoms with Crippen molar-refractivity contribution >= 4 is 15.7 Å². The van der Waals surface area contributed by atoms with Gasteiger partial charge in [-0.15, -0.1) is 0 Å². The van der Waals surface area contributed by atoms with Gasteiger partial charge in [0.25, 0.3) is 0 Å². The lowest BCUT2D eigenvalue weighted by Gasteiger charge is -2.35. The van der Waals surface area contributed by atoms with E-state index in [0.29, 0.717) is 26.2 Å². The molecule has 0 bridgehead atoms. The molecule has 0 saturated carbocycles. The maximum Gasteiger partial charge on any atom is 0.213 e. The Morgan fingerprint density at radius 3 is 2.25 bits per heavy atom. The highest BCUT2D eigenvalue weighted by atomic mass is 32.2. The van der Waals surface area contributed by atoms with Crippen molar-refractivity contribution in [3.05, 3.63) is 41.7 Å². The van der Waals surface area contributed by atoms with Crippen LogP contribution in [0, 0.1) is 13.8 Å². The Kier molecular flexibility index (Phi) is 4.64. The van der Waals surface area contributed by atoms with E-state index >= 15 is 0 Å². The molecule has 0 aliphatic carbocycles. The minimum Gasteiger partial charge on any atom is -0.366 e. The van der Waals surface area contributed by atoms with Crippen LogP contribution >= 0.6 is 0 Å². The standard InChI is InChI=1S/C17H24N4O2S/c1-4-24(22,23)20-12-10-19(11-13-20)17-14(2)18-21(15(17)3)16-8-6-5-7-9-16/h5-9H,4,10-13H2,1-3H3. The van der Waals surface area contributed by atoms with E-state index < -0.39 is 10.0 Å². The van der Waals surface area contributed by atoms with Gasteiger partial charge >= 0.3 is 0 Å². The Balaban J connectivity index is 1.83. The molecule has 1 aliphatic rings. The average Bonchev–Trinajstić information content (AvgIpc) is 2.90. The second kappa shape index (κ2) is 6.57. The van der Waals surface area contributed by atoms with Crippen molar-refractivity contribution in [3.63, 3.8) is 0 Å². The van der Waals surface area contributed by atoms with Crippen LogP contribution in [-0.4, -0.2) is 54.4 Å². The van der Waals surface area contributed by atoms with Crippen LogP contribution in [0.25, 0.3) is 5.69 Å². The molecule has 6 nitrogen and oxygen atoms in total. The molecule has 3 rings (SSSR count). The molecule has 0 spiro atoms. The zero-order chi connectivity index (χ0) is 17.3. The van der Waals surface area contributed by atoms with Crippen LogP contribution in [0.2, 0.25) is 0 Å². The molecule has 2 aromatic rings. The number of anilines is 1. The topological polar surface area (TPSA) is 58.4 Å². The Bertz CT molecular complexity index is 807. The van der Waals surface area contributed by atoms with E-state index in [1.165, 1.54) is 0 Å². The number of rotatable bonds is 4. The predicted molar refractivity (Wildman–Crippen MR) is 96.3 cm³/mol. The molecule has 2 heterocycles. The number of piperazine rings is 1. The Labute approximate surface area is 143 Å². The van der Waals surface area contributed by atoms with Gasteiger partial charge in [-0.1, -0.05) is 18.2 Å². The minimum atomic E-state index is -3.10. The fourth-order valence-electron chi connectivity index (χ4n) is 3.29. The Morgan fingerprint density at radius 2 is 1.67 bits per heavy atom. The maximum atomic E-state index is 12.0. The Hall–Kier alpha value is -1.86. The number of benzene rings is 1. The summed E-state index contributed by atoms with van der Waals surface area (Å²) in [5, 5.41) is 4.68. The molecule has 1 aromatic carbocycles. The monoisotopic (exact) mass is 348 g/mol. The van der Waals surface area contributed by atoms with E-state index in [1.54, 1.807) is 11.2 Å². The third-order valence-electron chi connectivity index (χ3n) is 4.57. The molecule has 1 fully saturated rings. The lowest BCUT2D eigenvalue weighted by Crippen LogP contribution is -2.49. The third-order valence-corrected chi connectivity index (χ3v) is 6.45. The number of aromatic nitrogens is 2. The van der Waals surface area contributed by atoms with Gasteiger partial charge in [-0.05, 0) is 32.9 Å². The van der Waals surface area contributed by atoms with Gasteiger partial charge in [0.05, 0.1) is 28.5 Å². The van der Waals surface area contributed by atoms with Crippen LogP contribution < -0.4 is 4.90 Å². The van der Waals surface area contributed by atoms with Gasteiger partial charge in [0.2, 0.25) is 10.0 Å². The average molecular weight is 348 g/mol. The molecular weight excluding hydrogens is 324 g/mol. The van der Waals surface area contributed by atoms with Crippen LogP contribution in [0.15, 0.2) is 30.3 Å². The highest BCUT2D eigenvalue weighted by Crippen LogP contribution is 2.28. The summed E-state index contributed by atoms with van der Waals surface area (Å²) in [6.45, 7) is 8.23. The van der Waals surface area contributed by atoms with Crippen molar-refractivity contribution in [2.75, 3.05) is 36.8 Å². The van der Waals surface area contributed by atoms with Gasteiger partial charge in [-0.3, -0.25) is 0 Å². The summed E-state index contributed by atoms with van der Waals surface area (Å²) >= 11 is 0. The smallest absolute Gasteiger partial charge is 0.213 e. The van der Waals surface area contributed by atoms with Gasteiger partial charge in [-0.2, -0.15) is 9.40 Å². The first kappa shape index (κ1) is 17.0. The van der Waals surface area contributed by atoms with Crippen molar-refractivity contribution in [3.8, 4) is 5.69 Å². The van der Waals surface area contributed by atoms with E-state index in [1.807, 2.05) is 41.9 Å². The predicted octanol–water partition coefficient (Wildman–Crippen LogP) is 1.96. The summed E-state index contributed by atoms with van der Waals surface area (Å²) in [6, 6.07) is 10.1. The van der Waals surface area contributed by atoms with Crippen molar-refractivity contribution in [1.29, 1.82) is 0 Å². The van der Waals surface area contributed by atoms with Crippen LogP contribution in [0.3, 0.4) is 0 Å². The van der Waals surface area contributed by atoms with E-state index in [2.05, 4.69) is 16.9 Å². The molecule has 0 amide bonds. The molecule has 24 heavy (non-hydrogen) atoms. The lowest BCUT2D eigenvalue weighted by atomic mass is 10.2. The molecular formula is C17H24N4O2S. The van der Waals surface area contributed by atoms with Gasteiger partial charge in [0, 0.05) is 26.2 Å². The second-order valence-electron chi connectivity index (χ2n) is 6.05.